The fourth-order valence-electron chi connectivity index (χ4n) is 4.23. The summed E-state index contributed by atoms with van der Waals surface area (Å²) in [6, 6.07) is 18.5. The Hall–Kier alpha value is -3.71. The number of fused-ring (bicyclic) bond motifs is 1. The summed E-state index contributed by atoms with van der Waals surface area (Å²) < 4.78 is 13.1. The SMILES string of the molecule is O=C(Nc1ccc2nc(-c3ccccc3Cl)[nH]c2c1)C1CCN(C(=O)c2ccc(F)cc2)CC1. The van der Waals surface area contributed by atoms with Crippen LogP contribution in [0.15, 0.2) is 66.7 Å². The van der Waals surface area contributed by atoms with E-state index in [1.807, 2.05) is 42.5 Å². The Kier molecular flexibility index (Phi) is 6.02. The predicted molar refractivity (Wildman–Crippen MR) is 130 cm³/mol. The van der Waals surface area contributed by atoms with Gasteiger partial charge in [-0.15, -0.1) is 0 Å². The van der Waals surface area contributed by atoms with E-state index in [0.717, 1.165) is 16.6 Å². The largest absolute Gasteiger partial charge is 0.339 e. The lowest BCUT2D eigenvalue weighted by molar-refractivity contribution is -0.121. The summed E-state index contributed by atoms with van der Waals surface area (Å²) in [5.41, 5.74) is 3.52. The number of carbonyl (C=O) groups is 2. The number of rotatable bonds is 4. The number of aromatic nitrogens is 2. The lowest BCUT2D eigenvalue weighted by Crippen LogP contribution is -2.41. The molecular formula is C26H22ClFN4O2. The van der Waals surface area contributed by atoms with Gasteiger partial charge in [-0.3, -0.25) is 9.59 Å². The van der Waals surface area contributed by atoms with Gasteiger partial charge in [0.2, 0.25) is 5.91 Å². The highest BCUT2D eigenvalue weighted by atomic mass is 35.5. The minimum Gasteiger partial charge on any atom is -0.339 e. The zero-order valence-electron chi connectivity index (χ0n) is 18.2. The quantitative estimate of drug-likeness (QED) is 0.407. The number of hydrogen-bond acceptors (Lipinski definition) is 3. The summed E-state index contributed by atoms with van der Waals surface area (Å²) in [6.07, 6.45) is 1.14. The van der Waals surface area contributed by atoms with Crippen molar-refractivity contribution in [3.05, 3.63) is 83.1 Å². The monoisotopic (exact) mass is 476 g/mol. The molecule has 4 aromatic rings. The maximum atomic E-state index is 13.1. The molecular weight excluding hydrogens is 455 g/mol. The maximum Gasteiger partial charge on any atom is 0.253 e. The Balaban J connectivity index is 1.22. The molecule has 5 rings (SSSR count). The molecule has 8 heteroatoms. The summed E-state index contributed by atoms with van der Waals surface area (Å²) in [6.45, 7) is 0.962. The van der Waals surface area contributed by atoms with Crippen molar-refractivity contribution in [1.82, 2.24) is 14.9 Å². The van der Waals surface area contributed by atoms with E-state index in [9.17, 15) is 14.0 Å². The zero-order valence-corrected chi connectivity index (χ0v) is 19.0. The molecule has 0 radical (unpaired) electrons. The van der Waals surface area contributed by atoms with Gasteiger partial charge in [-0.2, -0.15) is 0 Å². The van der Waals surface area contributed by atoms with Crippen LogP contribution in [0, 0.1) is 11.7 Å². The number of benzene rings is 3. The predicted octanol–water partition coefficient (Wildman–Crippen LogP) is 5.51. The number of H-pyrrole nitrogens is 1. The lowest BCUT2D eigenvalue weighted by atomic mass is 9.95. The van der Waals surface area contributed by atoms with Crippen molar-refractivity contribution >= 4 is 40.1 Å². The van der Waals surface area contributed by atoms with Crippen LogP contribution < -0.4 is 5.32 Å². The minimum atomic E-state index is -0.375. The molecule has 2 heterocycles. The first-order valence-corrected chi connectivity index (χ1v) is 11.5. The van der Waals surface area contributed by atoms with Gasteiger partial charge in [0.1, 0.15) is 11.6 Å². The third-order valence-electron chi connectivity index (χ3n) is 6.12. The number of piperidine rings is 1. The highest BCUT2D eigenvalue weighted by Gasteiger charge is 2.28. The topological polar surface area (TPSA) is 78.1 Å². The fraction of sp³-hybridized carbons (Fsp3) is 0.192. The van der Waals surface area contributed by atoms with Gasteiger partial charge in [0.25, 0.3) is 5.91 Å². The molecule has 1 aliphatic rings. The summed E-state index contributed by atoms with van der Waals surface area (Å²) >= 11 is 6.29. The highest BCUT2D eigenvalue weighted by molar-refractivity contribution is 6.33. The van der Waals surface area contributed by atoms with Crippen molar-refractivity contribution in [3.63, 3.8) is 0 Å². The molecule has 1 aromatic heterocycles. The molecule has 34 heavy (non-hydrogen) atoms. The second-order valence-corrected chi connectivity index (χ2v) is 8.77. The van der Waals surface area contributed by atoms with Gasteiger partial charge in [-0.1, -0.05) is 23.7 Å². The molecule has 3 aromatic carbocycles. The highest BCUT2D eigenvalue weighted by Crippen LogP contribution is 2.28. The van der Waals surface area contributed by atoms with Crippen molar-refractivity contribution in [3.8, 4) is 11.4 Å². The second kappa shape index (κ2) is 9.27. The Bertz CT molecular complexity index is 1360. The van der Waals surface area contributed by atoms with Crippen molar-refractivity contribution in [2.75, 3.05) is 18.4 Å². The summed E-state index contributed by atoms with van der Waals surface area (Å²) in [5, 5.41) is 3.60. The van der Waals surface area contributed by atoms with Crippen LogP contribution in [0.2, 0.25) is 5.02 Å². The number of nitrogens with zero attached hydrogens (tertiary/aromatic N) is 2. The lowest BCUT2D eigenvalue weighted by Gasteiger charge is -2.31. The van der Waals surface area contributed by atoms with E-state index in [-0.39, 0.29) is 23.5 Å². The molecule has 1 fully saturated rings. The number of aromatic amines is 1. The molecule has 0 aliphatic carbocycles. The standard InChI is InChI=1S/C26H22ClFN4O2/c27-21-4-2-1-3-20(21)24-30-22-10-9-19(15-23(22)31-24)29-25(33)16-11-13-32(14-12-16)26(34)17-5-7-18(28)8-6-17/h1-10,15-16H,11-14H2,(H,29,33)(H,30,31). The number of likely N-dealkylation sites (tertiary alicyclic amines) is 1. The van der Waals surface area contributed by atoms with E-state index >= 15 is 0 Å². The number of amides is 2. The Morgan fingerprint density at radius 3 is 2.50 bits per heavy atom. The van der Waals surface area contributed by atoms with Crippen LogP contribution in [0.25, 0.3) is 22.4 Å². The van der Waals surface area contributed by atoms with E-state index in [1.54, 1.807) is 4.90 Å². The smallest absolute Gasteiger partial charge is 0.253 e. The average molecular weight is 477 g/mol. The van der Waals surface area contributed by atoms with Gasteiger partial charge in [0, 0.05) is 35.8 Å². The van der Waals surface area contributed by atoms with Crippen LogP contribution in [0.1, 0.15) is 23.2 Å². The van der Waals surface area contributed by atoms with Crippen LogP contribution in [0.3, 0.4) is 0 Å². The minimum absolute atomic E-state index is 0.0703. The van der Waals surface area contributed by atoms with Crippen molar-refractivity contribution < 1.29 is 14.0 Å². The van der Waals surface area contributed by atoms with Crippen LogP contribution in [0.5, 0.6) is 0 Å². The van der Waals surface area contributed by atoms with E-state index in [4.69, 9.17) is 11.6 Å². The van der Waals surface area contributed by atoms with Crippen LogP contribution >= 0.6 is 11.6 Å². The van der Waals surface area contributed by atoms with Crippen molar-refractivity contribution in [2.24, 2.45) is 5.92 Å². The molecule has 0 saturated carbocycles. The molecule has 0 unspecified atom stereocenters. The second-order valence-electron chi connectivity index (χ2n) is 8.36. The molecule has 1 aliphatic heterocycles. The molecule has 0 bridgehead atoms. The van der Waals surface area contributed by atoms with Gasteiger partial charge in [0.05, 0.1) is 16.1 Å². The number of imidazole rings is 1. The maximum absolute atomic E-state index is 13.1. The Labute approximate surface area is 200 Å². The summed E-state index contributed by atoms with van der Waals surface area (Å²) in [5.74, 6) is -0.104. The van der Waals surface area contributed by atoms with Crippen LogP contribution in [-0.4, -0.2) is 39.8 Å². The molecule has 0 atom stereocenters. The number of anilines is 1. The normalized spacial score (nSPS) is 14.4. The van der Waals surface area contributed by atoms with E-state index in [2.05, 4.69) is 15.3 Å². The van der Waals surface area contributed by atoms with Crippen LogP contribution in [-0.2, 0) is 4.79 Å². The average Bonchev–Trinajstić information content (AvgIpc) is 3.27. The Morgan fingerprint density at radius 2 is 1.76 bits per heavy atom. The van der Waals surface area contributed by atoms with Gasteiger partial charge in [0.15, 0.2) is 0 Å². The first-order valence-electron chi connectivity index (χ1n) is 11.1. The summed E-state index contributed by atoms with van der Waals surface area (Å²) in [7, 11) is 0. The molecule has 1 saturated heterocycles. The first kappa shape index (κ1) is 22.1. The third kappa shape index (κ3) is 4.52. The van der Waals surface area contributed by atoms with Gasteiger partial charge in [-0.05, 0) is 67.4 Å². The van der Waals surface area contributed by atoms with Crippen molar-refractivity contribution in [1.29, 1.82) is 0 Å². The molecule has 2 amide bonds. The molecule has 6 nitrogen and oxygen atoms in total. The number of carbonyl (C=O) groups excluding carboxylic acids is 2. The number of nitrogens with one attached hydrogen (secondary N) is 2. The fourth-order valence-corrected chi connectivity index (χ4v) is 4.46. The Morgan fingerprint density at radius 1 is 1.03 bits per heavy atom. The van der Waals surface area contributed by atoms with Gasteiger partial charge < -0.3 is 15.2 Å². The van der Waals surface area contributed by atoms with Crippen molar-refractivity contribution in [2.45, 2.75) is 12.8 Å². The molecule has 0 spiro atoms. The van der Waals surface area contributed by atoms with Crippen LogP contribution in [0.4, 0.5) is 10.1 Å². The third-order valence-corrected chi connectivity index (χ3v) is 6.45. The summed E-state index contributed by atoms with van der Waals surface area (Å²) in [4.78, 5) is 35.1. The number of hydrogen-bond donors (Lipinski definition) is 2. The van der Waals surface area contributed by atoms with Gasteiger partial charge in [-0.25, -0.2) is 9.37 Å². The zero-order chi connectivity index (χ0) is 23.7. The molecule has 172 valence electrons. The molecule has 2 N–H and O–H groups in total. The van der Waals surface area contributed by atoms with E-state index < -0.39 is 0 Å². The van der Waals surface area contributed by atoms with E-state index in [0.29, 0.717) is 48.0 Å². The number of halogens is 2. The van der Waals surface area contributed by atoms with Gasteiger partial charge >= 0.3 is 0 Å². The van der Waals surface area contributed by atoms with E-state index in [1.165, 1.54) is 24.3 Å². The first-order chi connectivity index (χ1) is 16.5.